The SMILES string of the molecule is Cc1cc(-c2noc(CC(N)C3CC3)n2)cc(C)c1O. The molecule has 20 heavy (non-hydrogen) atoms. The van der Waals surface area contributed by atoms with E-state index < -0.39 is 0 Å². The Morgan fingerprint density at radius 3 is 2.60 bits per heavy atom. The van der Waals surface area contributed by atoms with Gasteiger partial charge in [-0.2, -0.15) is 4.98 Å². The summed E-state index contributed by atoms with van der Waals surface area (Å²) in [4.78, 5) is 4.40. The first-order valence-electron chi connectivity index (χ1n) is 6.93. The van der Waals surface area contributed by atoms with E-state index in [1.54, 1.807) is 0 Å². The van der Waals surface area contributed by atoms with Gasteiger partial charge in [-0.05, 0) is 55.9 Å². The Hall–Kier alpha value is -1.88. The second-order valence-electron chi connectivity index (χ2n) is 5.68. The summed E-state index contributed by atoms with van der Waals surface area (Å²) in [5.74, 6) is 2.06. The van der Waals surface area contributed by atoms with Gasteiger partial charge in [0, 0.05) is 18.0 Å². The summed E-state index contributed by atoms with van der Waals surface area (Å²) in [5, 5.41) is 13.8. The van der Waals surface area contributed by atoms with Crippen LogP contribution in [0.4, 0.5) is 0 Å². The zero-order chi connectivity index (χ0) is 14.3. The van der Waals surface area contributed by atoms with Gasteiger partial charge in [-0.1, -0.05) is 5.16 Å². The van der Waals surface area contributed by atoms with Gasteiger partial charge in [0.25, 0.3) is 0 Å². The third-order valence-corrected chi connectivity index (χ3v) is 3.86. The van der Waals surface area contributed by atoms with Crippen LogP contribution in [0.1, 0.15) is 29.9 Å². The molecule has 1 aliphatic rings. The normalized spacial score (nSPS) is 16.4. The van der Waals surface area contributed by atoms with Crippen molar-refractivity contribution < 1.29 is 9.63 Å². The Morgan fingerprint density at radius 2 is 2.00 bits per heavy atom. The topological polar surface area (TPSA) is 85.2 Å². The highest BCUT2D eigenvalue weighted by molar-refractivity contribution is 5.60. The van der Waals surface area contributed by atoms with E-state index in [0.717, 1.165) is 16.7 Å². The number of phenols is 1. The largest absolute Gasteiger partial charge is 0.507 e. The highest BCUT2D eigenvalue weighted by Gasteiger charge is 2.29. The van der Waals surface area contributed by atoms with Crippen molar-refractivity contribution in [3.05, 3.63) is 29.2 Å². The molecule has 5 nitrogen and oxygen atoms in total. The molecule has 5 heteroatoms. The second kappa shape index (κ2) is 4.90. The number of nitrogens with zero attached hydrogens (tertiary/aromatic N) is 2. The molecule has 0 bridgehead atoms. The van der Waals surface area contributed by atoms with E-state index in [1.807, 2.05) is 26.0 Å². The third kappa shape index (κ3) is 2.54. The molecule has 0 saturated heterocycles. The third-order valence-electron chi connectivity index (χ3n) is 3.86. The number of phenolic OH excluding ortho intramolecular Hbond substituents is 1. The van der Waals surface area contributed by atoms with Crippen molar-refractivity contribution in [1.82, 2.24) is 10.1 Å². The molecule has 1 saturated carbocycles. The quantitative estimate of drug-likeness (QED) is 0.893. The van der Waals surface area contributed by atoms with E-state index in [-0.39, 0.29) is 6.04 Å². The van der Waals surface area contributed by atoms with Crippen LogP contribution in [0.2, 0.25) is 0 Å². The fourth-order valence-corrected chi connectivity index (χ4v) is 2.43. The molecule has 0 aliphatic heterocycles. The van der Waals surface area contributed by atoms with Gasteiger partial charge in [0.1, 0.15) is 5.75 Å². The van der Waals surface area contributed by atoms with Crippen LogP contribution >= 0.6 is 0 Å². The first-order chi connectivity index (χ1) is 9.54. The van der Waals surface area contributed by atoms with Gasteiger partial charge in [0.2, 0.25) is 11.7 Å². The summed E-state index contributed by atoms with van der Waals surface area (Å²) < 4.78 is 5.27. The van der Waals surface area contributed by atoms with Crippen LogP contribution in [0.15, 0.2) is 16.7 Å². The summed E-state index contributed by atoms with van der Waals surface area (Å²) in [6.07, 6.45) is 3.05. The summed E-state index contributed by atoms with van der Waals surface area (Å²) in [6.45, 7) is 3.71. The van der Waals surface area contributed by atoms with Crippen LogP contribution in [0, 0.1) is 19.8 Å². The molecule has 106 valence electrons. The molecular weight excluding hydrogens is 254 g/mol. The smallest absolute Gasteiger partial charge is 0.228 e. The maximum atomic E-state index is 9.79. The van der Waals surface area contributed by atoms with Gasteiger partial charge in [-0.25, -0.2) is 0 Å². The second-order valence-corrected chi connectivity index (χ2v) is 5.68. The molecule has 1 aromatic heterocycles. The summed E-state index contributed by atoms with van der Waals surface area (Å²) in [6, 6.07) is 3.84. The predicted octanol–water partition coefficient (Wildman–Crippen LogP) is 2.34. The van der Waals surface area contributed by atoms with Crippen molar-refractivity contribution in [1.29, 1.82) is 0 Å². The highest BCUT2D eigenvalue weighted by Crippen LogP contribution is 2.33. The van der Waals surface area contributed by atoms with Crippen molar-refractivity contribution in [2.45, 2.75) is 39.2 Å². The lowest BCUT2D eigenvalue weighted by molar-refractivity contribution is 0.364. The molecule has 1 unspecified atom stereocenters. The summed E-state index contributed by atoms with van der Waals surface area (Å²) in [5.41, 5.74) is 8.53. The van der Waals surface area contributed by atoms with Gasteiger partial charge in [0.05, 0.1) is 0 Å². The number of hydrogen-bond acceptors (Lipinski definition) is 5. The maximum absolute atomic E-state index is 9.79. The molecule has 1 aliphatic carbocycles. The highest BCUT2D eigenvalue weighted by atomic mass is 16.5. The molecule has 3 rings (SSSR count). The van der Waals surface area contributed by atoms with Crippen LogP contribution in [-0.4, -0.2) is 21.3 Å². The lowest BCUT2D eigenvalue weighted by Gasteiger charge is -2.05. The number of aromatic nitrogens is 2. The molecule has 3 N–H and O–H groups in total. The number of benzene rings is 1. The molecule has 1 fully saturated rings. The van der Waals surface area contributed by atoms with Gasteiger partial charge in [-0.15, -0.1) is 0 Å². The van der Waals surface area contributed by atoms with Crippen molar-refractivity contribution in [3.8, 4) is 17.1 Å². The van der Waals surface area contributed by atoms with E-state index in [1.165, 1.54) is 12.8 Å². The Labute approximate surface area is 117 Å². The monoisotopic (exact) mass is 273 g/mol. The van der Waals surface area contributed by atoms with E-state index in [4.69, 9.17) is 10.3 Å². The maximum Gasteiger partial charge on any atom is 0.228 e. The molecule has 0 amide bonds. The van der Waals surface area contributed by atoms with Gasteiger partial charge in [-0.3, -0.25) is 0 Å². The Kier molecular flexibility index (Phi) is 3.22. The Balaban J connectivity index is 1.82. The first-order valence-corrected chi connectivity index (χ1v) is 6.93. The first kappa shape index (κ1) is 13.1. The van der Waals surface area contributed by atoms with Crippen LogP contribution in [0.5, 0.6) is 5.75 Å². The molecule has 0 radical (unpaired) electrons. The van der Waals surface area contributed by atoms with E-state index in [2.05, 4.69) is 10.1 Å². The standard InChI is InChI=1S/C15H19N3O2/c1-8-5-11(6-9(2)14(8)19)15-17-13(20-18-15)7-12(16)10-3-4-10/h5-6,10,12,19H,3-4,7,16H2,1-2H3. The predicted molar refractivity (Wildman–Crippen MR) is 75.3 cm³/mol. The minimum absolute atomic E-state index is 0.117. The van der Waals surface area contributed by atoms with Crippen molar-refractivity contribution in [2.75, 3.05) is 0 Å². The lowest BCUT2D eigenvalue weighted by atomic mass is 10.1. The van der Waals surface area contributed by atoms with Gasteiger partial charge in [0.15, 0.2) is 0 Å². The molecular formula is C15H19N3O2. The minimum Gasteiger partial charge on any atom is -0.507 e. The molecule has 2 aromatic rings. The van der Waals surface area contributed by atoms with E-state index in [9.17, 15) is 5.11 Å². The Bertz CT molecular complexity index is 609. The lowest BCUT2D eigenvalue weighted by Crippen LogP contribution is -2.25. The fourth-order valence-electron chi connectivity index (χ4n) is 2.43. The van der Waals surface area contributed by atoms with E-state index in [0.29, 0.717) is 29.8 Å². The molecule has 1 aromatic carbocycles. The van der Waals surface area contributed by atoms with Crippen molar-refractivity contribution in [3.63, 3.8) is 0 Å². The number of nitrogens with two attached hydrogens (primary N) is 1. The fraction of sp³-hybridized carbons (Fsp3) is 0.467. The zero-order valence-corrected chi connectivity index (χ0v) is 11.8. The number of aryl methyl sites for hydroxylation is 2. The average molecular weight is 273 g/mol. The summed E-state index contributed by atoms with van der Waals surface area (Å²) in [7, 11) is 0. The van der Waals surface area contributed by atoms with Crippen LogP contribution < -0.4 is 5.73 Å². The zero-order valence-electron chi connectivity index (χ0n) is 11.8. The van der Waals surface area contributed by atoms with Crippen LogP contribution in [-0.2, 0) is 6.42 Å². The van der Waals surface area contributed by atoms with Crippen molar-refractivity contribution in [2.24, 2.45) is 11.7 Å². The number of aromatic hydroxyl groups is 1. The Morgan fingerprint density at radius 1 is 1.35 bits per heavy atom. The molecule has 0 spiro atoms. The number of rotatable bonds is 4. The molecule has 1 heterocycles. The molecule has 1 atom stereocenters. The summed E-state index contributed by atoms with van der Waals surface area (Å²) >= 11 is 0. The average Bonchev–Trinajstić information content (AvgIpc) is 3.16. The van der Waals surface area contributed by atoms with Gasteiger partial charge < -0.3 is 15.4 Å². The van der Waals surface area contributed by atoms with Crippen LogP contribution in [0.25, 0.3) is 11.4 Å². The minimum atomic E-state index is 0.117. The van der Waals surface area contributed by atoms with Crippen LogP contribution in [0.3, 0.4) is 0 Å². The van der Waals surface area contributed by atoms with Gasteiger partial charge >= 0.3 is 0 Å². The number of hydrogen-bond donors (Lipinski definition) is 2. The van der Waals surface area contributed by atoms with E-state index >= 15 is 0 Å². The van der Waals surface area contributed by atoms with Crippen molar-refractivity contribution >= 4 is 0 Å².